The third kappa shape index (κ3) is 611. The van der Waals surface area contributed by atoms with Gasteiger partial charge in [-0.1, -0.05) is 0 Å². The van der Waals surface area contributed by atoms with Crippen molar-refractivity contribution < 1.29 is 34.5 Å². The molecule has 0 radical (unpaired) electrons. The van der Waals surface area contributed by atoms with Crippen molar-refractivity contribution >= 4 is 0 Å². The first-order valence-corrected chi connectivity index (χ1v) is 8.13. The van der Waals surface area contributed by atoms with E-state index in [4.69, 9.17) is 15.3 Å². The van der Waals surface area contributed by atoms with Crippen LogP contribution >= 0.6 is 0 Å². The molecule has 0 fully saturated rings. The van der Waals surface area contributed by atoms with Crippen LogP contribution in [0.15, 0.2) is 0 Å². The van der Waals surface area contributed by atoms with Crippen molar-refractivity contribution in [3.8, 4) is 4.20 Å². The quantitative estimate of drug-likeness (QED) is 0.553. The van der Waals surface area contributed by atoms with Crippen molar-refractivity contribution in [2.45, 2.75) is 99.9 Å². The summed E-state index contributed by atoms with van der Waals surface area (Å²) in [5.41, 5.74) is -1.20. The van der Waals surface area contributed by atoms with E-state index in [-0.39, 0.29) is 0 Å². The molecule has 0 aromatic rings. The first-order valence-electron chi connectivity index (χ1n) is 7.12. The molecule has 0 aliphatic carbocycles. The van der Waals surface area contributed by atoms with Crippen molar-refractivity contribution in [1.29, 1.82) is 0 Å². The second-order valence-electron chi connectivity index (χ2n) is 8.86. The van der Waals surface area contributed by atoms with Gasteiger partial charge in [0.15, 0.2) is 0 Å². The molecule has 0 saturated carbocycles. The molecule has 3 nitrogen and oxygen atoms in total. The standard InChI is InChI=1S/C5H9.3C4H10O.Mo/c1-5(2,3)4;3*1-4(2,3)5;/h1-3H3;3*5H,1-3H3;. The first-order chi connectivity index (χ1) is 8.56. The van der Waals surface area contributed by atoms with E-state index in [1.807, 2.05) is 19.2 Å². The predicted octanol–water partition coefficient (Wildman–Crippen LogP) is 3.87. The third-order valence-corrected chi connectivity index (χ3v) is 1.81. The van der Waals surface area contributed by atoms with Crippen LogP contribution in [0.2, 0.25) is 0 Å². The molecule has 0 atom stereocenters. The van der Waals surface area contributed by atoms with Crippen LogP contribution in [0.25, 0.3) is 0 Å². The van der Waals surface area contributed by atoms with Gasteiger partial charge in [0.25, 0.3) is 0 Å². The van der Waals surface area contributed by atoms with Gasteiger partial charge in [-0.05, 0) is 62.3 Å². The second kappa shape index (κ2) is 11.9. The molecule has 0 aliphatic heterocycles. The molecule has 0 rings (SSSR count). The second-order valence-corrected chi connectivity index (χ2v) is 9.37. The van der Waals surface area contributed by atoms with Crippen molar-refractivity contribution in [2.75, 3.05) is 0 Å². The zero-order valence-corrected chi connectivity index (χ0v) is 18.3. The van der Waals surface area contributed by atoms with Gasteiger partial charge in [-0.15, -0.1) is 0 Å². The van der Waals surface area contributed by atoms with E-state index in [0.29, 0.717) is 5.41 Å². The molecule has 0 unspecified atom stereocenters. The molecule has 0 amide bonds. The molecule has 21 heavy (non-hydrogen) atoms. The first kappa shape index (κ1) is 29.4. The Morgan fingerprint density at radius 2 is 0.571 bits per heavy atom. The van der Waals surface area contributed by atoms with E-state index in [9.17, 15) is 0 Å². The fourth-order valence-corrected chi connectivity index (χ4v) is 0. The van der Waals surface area contributed by atoms with E-state index in [1.165, 1.54) is 0 Å². The Morgan fingerprint density at radius 1 is 0.524 bits per heavy atom. The van der Waals surface area contributed by atoms with E-state index in [2.05, 4.69) is 25.0 Å². The molecule has 0 saturated heterocycles. The Bertz CT molecular complexity index is 218. The Hall–Kier alpha value is 0.348. The molecule has 0 aromatic carbocycles. The van der Waals surface area contributed by atoms with Crippen LogP contribution in [0.4, 0.5) is 0 Å². The number of aliphatic hydroxyl groups is 3. The average Bonchev–Trinajstić information content (AvgIpc) is 1.91. The summed E-state index contributed by atoms with van der Waals surface area (Å²) in [5.74, 6) is 0. The van der Waals surface area contributed by atoms with E-state index in [1.54, 1.807) is 62.3 Å². The summed E-state index contributed by atoms with van der Waals surface area (Å²) < 4.78 is 3.11. The van der Waals surface area contributed by atoms with Crippen LogP contribution in [-0.2, 0) is 19.2 Å². The minimum atomic E-state index is -0.500. The molecule has 0 bridgehead atoms. The Labute approximate surface area is 144 Å². The van der Waals surface area contributed by atoms with Gasteiger partial charge in [0.05, 0.1) is 16.8 Å². The molecule has 4 heteroatoms. The van der Waals surface area contributed by atoms with Crippen molar-refractivity contribution in [3.05, 3.63) is 0 Å². The SMILES string of the molecule is CC(C)(C)O.CC(C)(C)O.CC(C)(C)O.CC(C)(C)[C]#[Mo]. The van der Waals surface area contributed by atoms with Crippen molar-refractivity contribution in [1.82, 2.24) is 0 Å². The molecular weight excluding hydrogens is 348 g/mol. The van der Waals surface area contributed by atoms with Gasteiger partial charge in [0, 0.05) is 0 Å². The molecule has 131 valence electrons. The fourth-order valence-electron chi connectivity index (χ4n) is 0. The minimum absolute atomic E-state index is 0.296. The molecule has 0 heterocycles. The predicted molar refractivity (Wildman–Crippen MR) is 89.3 cm³/mol. The molecule has 0 spiro atoms. The van der Waals surface area contributed by atoms with Crippen LogP contribution < -0.4 is 0 Å². The van der Waals surface area contributed by atoms with Crippen molar-refractivity contribution in [2.24, 2.45) is 5.41 Å². The van der Waals surface area contributed by atoms with Crippen molar-refractivity contribution in [3.63, 3.8) is 0 Å². The maximum atomic E-state index is 8.52. The van der Waals surface area contributed by atoms with Gasteiger partial charge >= 0.3 is 49.5 Å². The van der Waals surface area contributed by atoms with Gasteiger partial charge in [-0.25, -0.2) is 0 Å². The van der Waals surface area contributed by atoms with Crippen LogP contribution in [0, 0.1) is 9.62 Å². The summed E-state index contributed by atoms with van der Waals surface area (Å²) in [7, 11) is 0. The zero-order valence-electron chi connectivity index (χ0n) is 16.2. The third-order valence-electron chi connectivity index (χ3n) is 0.306. The molecular formula is C17H39MoO3. The Balaban J connectivity index is -0.0000000921. The summed E-state index contributed by atoms with van der Waals surface area (Å²) in [6.07, 6.45) is 0. The normalized spacial score (nSPS) is 11.5. The summed E-state index contributed by atoms with van der Waals surface area (Å²) in [4.78, 5) is 0. The van der Waals surface area contributed by atoms with E-state index < -0.39 is 16.8 Å². The number of hydrogen-bond donors (Lipinski definition) is 3. The molecule has 0 aromatic heterocycles. The Kier molecular flexibility index (Phi) is 16.6. The summed E-state index contributed by atoms with van der Waals surface area (Å²) in [6, 6.07) is 0. The Morgan fingerprint density at radius 3 is 0.571 bits per heavy atom. The summed E-state index contributed by atoms with van der Waals surface area (Å²) in [6.45, 7) is 22.1. The maximum absolute atomic E-state index is 8.52. The van der Waals surface area contributed by atoms with E-state index in [0.717, 1.165) is 0 Å². The molecule has 3 N–H and O–H groups in total. The number of rotatable bonds is 0. The fraction of sp³-hybridized carbons (Fsp3) is 0.941. The topological polar surface area (TPSA) is 60.7 Å². The molecule has 0 aliphatic rings. The van der Waals surface area contributed by atoms with Gasteiger partial charge in [0.1, 0.15) is 0 Å². The van der Waals surface area contributed by atoms with Crippen LogP contribution in [0.5, 0.6) is 0 Å². The van der Waals surface area contributed by atoms with Crippen LogP contribution in [0.1, 0.15) is 83.1 Å². The van der Waals surface area contributed by atoms with Crippen LogP contribution in [0.3, 0.4) is 0 Å². The van der Waals surface area contributed by atoms with Gasteiger partial charge in [0.2, 0.25) is 0 Å². The number of hydrogen-bond acceptors (Lipinski definition) is 3. The van der Waals surface area contributed by atoms with Gasteiger partial charge in [-0.3, -0.25) is 0 Å². The van der Waals surface area contributed by atoms with Gasteiger partial charge < -0.3 is 15.3 Å². The van der Waals surface area contributed by atoms with Crippen LogP contribution in [-0.4, -0.2) is 32.1 Å². The zero-order chi connectivity index (χ0) is 18.7. The average molecular weight is 387 g/mol. The monoisotopic (exact) mass is 389 g/mol. The summed E-state index contributed by atoms with van der Waals surface area (Å²) >= 11 is 1.90. The van der Waals surface area contributed by atoms with Gasteiger partial charge in [-0.2, -0.15) is 0 Å². The van der Waals surface area contributed by atoms with E-state index >= 15 is 0 Å². The summed E-state index contributed by atoms with van der Waals surface area (Å²) in [5, 5.41) is 25.6.